The number of amides is 1. The van der Waals surface area contributed by atoms with Crippen molar-refractivity contribution in [3.05, 3.63) is 42.0 Å². The highest BCUT2D eigenvalue weighted by atomic mass is 32.1. The maximum absolute atomic E-state index is 12.1. The normalized spacial score (nSPS) is 24.3. The monoisotopic (exact) mass is 330 g/mol. The molecule has 0 spiro atoms. The summed E-state index contributed by atoms with van der Waals surface area (Å²) in [5.74, 6) is 1.05. The van der Waals surface area contributed by atoms with Crippen molar-refractivity contribution in [2.24, 2.45) is 11.8 Å². The van der Waals surface area contributed by atoms with Crippen molar-refractivity contribution in [1.29, 1.82) is 0 Å². The minimum absolute atomic E-state index is 0.202. The Bertz CT molecular complexity index is 626. The second kappa shape index (κ2) is 6.58. The zero-order chi connectivity index (χ0) is 16.4. The van der Waals surface area contributed by atoms with Crippen LogP contribution in [-0.2, 0) is 0 Å². The maximum atomic E-state index is 12.1. The molecule has 2 aliphatic carbocycles. The molecule has 3 atom stereocenters. The molecule has 0 unspecified atom stereocenters. The SMILES string of the molecule is CN(C)c1ccc(C(=O)NNC(=S)N[C@@H]2C[C@@H]3C=C[C@H]2C3)cc1. The molecule has 1 aromatic carbocycles. The van der Waals surface area contributed by atoms with Crippen LogP contribution >= 0.6 is 12.2 Å². The van der Waals surface area contributed by atoms with Gasteiger partial charge in [-0.3, -0.25) is 15.6 Å². The number of anilines is 1. The Kier molecular flexibility index (Phi) is 4.52. The van der Waals surface area contributed by atoms with Crippen LogP contribution in [0.5, 0.6) is 0 Å². The quantitative estimate of drug-likeness (QED) is 0.448. The predicted octanol–water partition coefficient (Wildman–Crippen LogP) is 1.83. The number of rotatable bonds is 3. The molecular weight excluding hydrogens is 308 g/mol. The first kappa shape index (κ1) is 15.8. The fourth-order valence-electron chi connectivity index (χ4n) is 3.25. The highest BCUT2D eigenvalue weighted by molar-refractivity contribution is 7.80. The number of allylic oxidation sites excluding steroid dienone is 1. The van der Waals surface area contributed by atoms with E-state index in [4.69, 9.17) is 12.2 Å². The van der Waals surface area contributed by atoms with Crippen LogP contribution in [0.25, 0.3) is 0 Å². The van der Waals surface area contributed by atoms with Crippen LogP contribution in [0.3, 0.4) is 0 Å². The minimum atomic E-state index is -0.202. The second-order valence-electron chi connectivity index (χ2n) is 6.38. The van der Waals surface area contributed by atoms with Gasteiger partial charge < -0.3 is 10.2 Å². The van der Waals surface area contributed by atoms with E-state index >= 15 is 0 Å². The van der Waals surface area contributed by atoms with Gasteiger partial charge in [-0.15, -0.1) is 0 Å². The summed E-state index contributed by atoms with van der Waals surface area (Å²) in [6, 6.07) is 7.79. The van der Waals surface area contributed by atoms with Crippen LogP contribution in [0.2, 0.25) is 0 Å². The second-order valence-corrected chi connectivity index (χ2v) is 6.79. The van der Waals surface area contributed by atoms with Gasteiger partial charge in [0.1, 0.15) is 0 Å². The topological polar surface area (TPSA) is 56.4 Å². The average molecular weight is 330 g/mol. The lowest BCUT2D eigenvalue weighted by Crippen LogP contribution is -2.50. The lowest BCUT2D eigenvalue weighted by Gasteiger charge is -2.22. The molecule has 0 saturated heterocycles. The van der Waals surface area contributed by atoms with Crippen LogP contribution in [0.15, 0.2) is 36.4 Å². The van der Waals surface area contributed by atoms with Crippen molar-refractivity contribution < 1.29 is 4.79 Å². The number of nitrogens with one attached hydrogen (secondary N) is 3. The molecule has 122 valence electrons. The molecule has 0 aliphatic heterocycles. The van der Waals surface area contributed by atoms with Crippen LogP contribution < -0.4 is 21.1 Å². The van der Waals surface area contributed by atoms with Gasteiger partial charge in [-0.05, 0) is 61.2 Å². The number of nitrogens with zero attached hydrogens (tertiary/aromatic N) is 1. The van der Waals surface area contributed by atoms with Crippen LogP contribution in [0, 0.1) is 11.8 Å². The molecule has 0 heterocycles. The van der Waals surface area contributed by atoms with Gasteiger partial charge in [0, 0.05) is 31.4 Å². The van der Waals surface area contributed by atoms with Crippen molar-refractivity contribution in [3.8, 4) is 0 Å². The number of hydrogen-bond donors (Lipinski definition) is 3. The van der Waals surface area contributed by atoms with Crippen LogP contribution in [0.4, 0.5) is 5.69 Å². The minimum Gasteiger partial charge on any atom is -0.378 e. The van der Waals surface area contributed by atoms with E-state index in [-0.39, 0.29) is 5.91 Å². The third kappa shape index (κ3) is 3.64. The molecule has 23 heavy (non-hydrogen) atoms. The van der Waals surface area contributed by atoms with E-state index in [1.165, 1.54) is 6.42 Å². The molecule has 5 nitrogen and oxygen atoms in total. The third-order valence-electron chi connectivity index (χ3n) is 4.53. The summed E-state index contributed by atoms with van der Waals surface area (Å²) in [7, 11) is 3.93. The molecule has 2 bridgehead atoms. The van der Waals surface area contributed by atoms with Gasteiger partial charge >= 0.3 is 0 Å². The van der Waals surface area contributed by atoms with Crippen molar-refractivity contribution >= 4 is 28.9 Å². The fourth-order valence-corrected chi connectivity index (χ4v) is 3.45. The Morgan fingerprint density at radius 3 is 2.43 bits per heavy atom. The smallest absolute Gasteiger partial charge is 0.269 e. The summed E-state index contributed by atoms with van der Waals surface area (Å²) in [5.41, 5.74) is 7.08. The Morgan fingerprint density at radius 1 is 1.13 bits per heavy atom. The molecule has 1 fully saturated rings. The first-order valence-corrected chi connectivity index (χ1v) is 8.26. The molecule has 0 radical (unpaired) electrons. The molecule has 1 aromatic rings. The molecular formula is C17H22N4OS. The van der Waals surface area contributed by atoms with Gasteiger partial charge in [-0.1, -0.05) is 12.2 Å². The summed E-state index contributed by atoms with van der Waals surface area (Å²) < 4.78 is 0. The number of benzene rings is 1. The first-order valence-electron chi connectivity index (χ1n) is 7.85. The Balaban J connectivity index is 1.46. The van der Waals surface area contributed by atoms with E-state index in [9.17, 15) is 4.79 Å². The first-order chi connectivity index (χ1) is 11.0. The van der Waals surface area contributed by atoms with Gasteiger partial charge in [0.05, 0.1) is 0 Å². The molecule has 1 amide bonds. The summed E-state index contributed by atoms with van der Waals surface area (Å²) >= 11 is 5.26. The zero-order valence-corrected chi connectivity index (χ0v) is 14.2. The summed E-state index contributed by atoms with van der Waals surface area (Å²) in [6.07, 6.45) is 6.88. The van der Waals surface area contributed by atoms with Gasteiger partial charge in [0.25, 0.3) is 5.91 Å². The van der Waals surface area contributed by atoms with E-state index in [1.54, 1.807) is 12.1 Å². The lowest BCUT2D eigenvalue weighted by atomic mass is 10.0. The summed E-state index contributed by atoms with van der Waals surface area (Å²) in [5, 5.41) is 3.76. The molecule has 1 saturated carbocycles. The third-order valence-corrected chi connectivity index (χ3v) is 4.75. The molecule has 2 aliphatic rings. The zero-order valence-electron chi connectivity index (χ0n) is 13.4. The van der Waals surface area contributed by atoms with Crippen molar-refractivity contribution in [3.63, 3.8) is 0 Å². The Morgan fingerprint density at radius 2 is 1.87 bits per heavy atom. The molecule has 6 heteroatoms. The fraction of sp³-hybridized carbons (Fsp3) is 0.412. The number of hydrazine groups is 1. The van der Waals surface area contributed by atoms with Crippen molar-refractivity contribution in [2.75, 3.05) is 19.0 Å². The maximum Gasteiger partial charge on any atom is 0.269 e. The highest BCUT2D eigenvalue weighted by Crippen LogP contribution is 2.38. The lowest BCUT2D eigenvalue weighted by molar-refractivity contribution is 0.0943. The Labute approximate surface area is 142 Å². The highest BCUT2D eigenvalue weighted by Gasteiger charge is 2.35. The van der Waals surface area contributed by atoms with Crippen LogP contribution in [0.1, 0.15) is 23.2 Å². The number of carbonyl (C=O) groups is 1. The van der Waals surface area contributed by atoms with E-state index < -0.39 is 0 Å². The molecule has 0 aromatic heterocycles. The van der Waals surface area contributed by atoms with E-state index in [0.717, 1.165) is 12.1 Å². The van der Waals surface area contributed by atoms with Crippen molar-refractivity contribution in [2.45, 2.75) is 18.9 Å². The molecule has 3 rings (SSSR count). The Hall–Kier alpha value is -2.08. The van der Waals surface area contributed by atoms with E-state index in [0.29, 0.717) is 28.6 Å². The largest absolute Gasteiger partial charge is 0.378 e. The van der Waals surface area contributed by atoms with Gasteiger partial charge in [-0.2, -0.15) is 0 Å². The number of carbonyl (C=O) groups excluding carboxylic acids is 1. The number of hydrogen-bond acceptors (Lipinski definition) is 3. The van der Waals surface area contributed by atoms with Gasteiger partial charge in [-0.25, -0.2) is 0 Å². The number of thiocarbonyl (C=S) groups is 1. The predicted molar refractivity (Wildman–Crippen MR) is 96.2 cm³/mol. The molecule has 3 N–H and O–H groups in total. The van der Waals surface area contributed by atoms with Crippen molar-refractivity contribution in [1.82, 2.24) is 16.2 Å². The van der Waals surface area contributed by atoms with Crippen LogP contribution in [-0.4, -0.2) is 31.2 Å². The van der Waals surface area contributed by atoms with Gasteiger partial charge in [0.15, 0.2) is 5.11 Å². The standard InChI is InChI=1S/C17H22N4OS/c1-21(2)14-7-5-12(6-8-14)16(22)19-20-17(23)18-15-10-11-3-4-13(15)9-11/h3-8,11,13,15H,9-10H2,1-2H3,(H,19,22)(H2,18,20,23)/t11-,13+,15-/m1/s1. The summed E-state index contributed by atoms with van der Waals surface area (Å²) in [4.78, 5) is 14.1. The summed E-state index contributed by atoms with van der Waals surface area (Å²) in [6.45, 7) is 0. The van der Waals surface area contributed by atoms with E-state index in [2.05, 4.69) is 28.3 Å². The van der Waals surface area contributed by atoms with Gasteiger partial charge in [0.2, 0.25) is 0 Å². The van der Waals surface area contributed by atoms with E-state index in [1.807, 2.05) is 31.1 Å². The average Bonchev–Trinajstić information content (AvgIpc) is 3.15. The number of fused-ring (bicyclic) bond motifs is 2.